The van der Waals surface area contributed by atoms with Crippen molar-refractivity contribution in [2.45, 2.75) is 23.2 Å². The van der Waals surface area contributed by atoms with Crippen LogP contribution in [0.3, 0.4) is 0 Å². The lowest BCUT2D eigenvalue weighted by Gasteiger charge is -2.25. The van der Waals surface area contributed by atoms with E-state index in [1.54, 1.807) is 47.5 Å². The SMILES string of the molecule is COc1ccc(CN(C(=O)Cn2cc(CSc3nc4ccccc4s3)nn2)c2cc(OC)c(OC)c(OC)c2)cc1[N+](=O)[O-]. The molecule has 5 rings (SSSR count). The van der Waals surface area contributed by atoms with E-state index in [-0.39, 0.29) is 30.4 Å². The molecule has 15 heteroatoms. The quantitative estimate of drug-likeness (QED) is 0.0936. The Bertz CT molecular complexity index is 1750. The summed E-state index contributed by atoms with van der Waals surface area (Å²) in [4.78, 5) is 31.1. The van der Waals surface area contributed by atoms with Crippen molar-refractivity contribution in [3.63, 3.8) is 0 Å². The van der Waals surface area contributed by atoms with Crippen molar-refractivity contribution in [1.82, 2.24) is 20.0 Å². The summed E-state index contributed by atoms with van der Waals surface area (Å²) in [5, 5.41) is 20.1. The van der Waals surface area contributed by atoms with Gasteiger partial charge < -0.3 is 23.8 Å². The van der Waals surface area contributed by atoms with Gasteiger partial charge in [0.15, 0.2) is 21.6 Å². The van der Waals surface area contributed by atoms with Gasteiger partial charge in [0, 0.05) is 30.1 Å². The second-order valence-corrected chi connectivity index (χ2v) is 11.5. The lowest BCUT2D eigenvalue weighted by molar-refractivity contribution is -0.385. The summed E-state index contributed by atoms with van der Waals surface area (Å²) >= 11 is 3.15. The number of fused-ring (bicyclic) bond motifs is 1. The van der Waals surface area contributed by atoms with Gasteiger partial charge in [-0.3, -0.25) is 14.9 Å². The topological polar surface area (TPSA) is 144 Å². The van der Waals surface area contributed by atoms with Crippen LogP contribution < -0.4 is 23.8 Å². The summed E-state index contributed by atoms with van der Waals surface area (Å²) < 4.78 is 25.1. The summed E-state index contributed by atoms with van der Waals surface area (Å²) in [5.74, 6) is 1.33. The Hall–Kier alpha value is -4.89. The van der Waals surface area contributed by atoms with E-state index in [9.17, 15) is 14.9 Å². The van der Waals surface area contributed by atoms with Crippen molar-refractivity contribution in [2.75, 3.05) is 33.3 Å². The standard InChI is InChI=1S/C29H28N6O7S2/c1-39-23-10-9-18(11-22(23)35(37)38)14-34(20-12-24(40-2)28(42-4)25(13-20)41-3)27(36)16-33-15-19(31-32-33)17-43-29-30-21-7-5-6-8-26(21)44-29/h5-13,15H,14,16-17H2,1-4H3. The number of rotatable bonds is 13. The molecule has 0 fully saturated rings. The van der Waals surface area contributed by atoms with Crippen molar-refractivity contribution in [3.8, 4) is 23.0 Å². The summed E-state index contributed by atoms with van der Waals surface area (Å²) in [6.45, 7) is -0.148. The van der Waals surface area contributed by atoms with Crippen molar-refractivity contribution in [3.05, 3.63) is 82.2 Å². The van der Waals surface area contributed by atoms with Gasteiger partial charge in [-0.2, -0.15) is 0 Å². The fourth-order valence-electron chi connectivity index (χ4n) is 4.46. The number of carbonyl (C=O) groups is 1. The largest absolute Gasteiger partial charge is 0.493 e. The Morgan fingerprint density at radius 1 is 1.00 bits per heavy atom. The van der Waals surface area contributed by atoms with Gasteiger partial charge in [-0.25, -0.2) is 9.67 Å². The van der Waals surface area contributed by atoms with Crippen LogP contribution in [0.5, 0.6) is 23.0 Å². The number of nitro benzene ring substituents is 1. The van der Waals surface area contributed by atoms with E-state index >= 15 is 0 Å². The van der Waals surface area contributed by atoms with Crippen LogP contribution >= 0.6 is 23.1 Å². The maximum atomic E-state index is 13.9. The highest BCUT2D eigenvalue weighted by Crippen LogP contribution is 2.41. The minimum atomic E-state index is -0.531. The molecule has 0 saturated heterocycles. The molecule has 0 aliphatic rings. The van der Waals surface area contributed by atoms with Gasteiger partial charge in [-0.05, 0) is 23.8 Å². The van der Waals surface area contributed by atoms with Crippen LogP contribution in [0.4, 0.5) is 11.4 Å². The van der Waals surface area contributed by atoms with Gasteiger partial charge in [-0.1, -0.05) is 35.2 Å². The molecule has 0 radical (unpaired) electrons. The molecule has 0 saturated carbocycles. The summed E-state index contributed by atoms with van der Waals surface area (Å²) in [6.07, 6.45) is 1.71. The number of methoxy groups -OCH3 is 4. The molecule has 0 atom stereocenters. The van der Waals surface area contributed by atoms with Gasteiger partial charge in [0.2, 0.25) is 11.7 Å². The zero-order valence-electron chi connectivity index (χ0n) is 24.3. The molecule has 0 aliphatic carbocycles. The number of nitro groups is 1. The first-order chi connectivity index (χ1) is 21.3. The number of nitrogens with zero attached hydrogens (tertiary/aromatic N) is 6. The smallest absolute Gasteiger partial charge is 0.311 e. The van der Waals surface area contributed by atoms with Gasteiger partial charge in [0.25, 0.3) is 0 Å². The molecular formula is C29H28N6O7S2. The average molecular weight is 637 g/mol. The number of hydrogen-bond acceptors (Lipinski definition) is 12. The van der Waals surface area contributed by atoms with Crippen molar-refractivity contribution in [1.29, 1.82) is 0 Å². The summed E-state index contributed by atoms with van der Waals surface area (Å²) in [7, 11) is 5.79. The highest BCUT2D eigenvalue weighted by Gasteiger charge is 2.24. The zero-order chi connectivity index (χ0) is 31.2. The molecule has 44 heavy (non-hydrogen) atoms. The first-order valence-electron chi connectivity index (χ1n) is 13.1. The third-order valence-corrected chi connectivity index (χ3v) is 8.76. The first-order valence-corrected chi connectivity index (χ1v) is 14.9. The second-order valence-electron chi connectivity index (χ2n) is 9.27. The highest BCUT2D eigenvalue weighted by atomic mass is 32.2. The molecule has 0 bridgehead atoms. The number of aromatic nitrogens is 4. The number of amides is 1. The van der Waals surface area contributed by atoms with E-state index in [1.165, 1.54) is 50.2 Å². The van der Waals surface area contributed by atoms with Crippen molar-refractivity contribution >= 4 is 50.6 Å². The Balaban J connectivity index is 1.40. The number of anilines is 1. The Morgan fingerprint density at radius 3 is 2.39 bits per heavy atom. The van der Waals surface area contributed by atoms with E-state index in [4.69, 9.17) is 18.9 Å². The predicted octanol–water partition coefficient (Wildman–Crippen LogP) is 5.36. The predicted molar refractivity (Wildman–Crippen MR) is 166 cm³/mol. The van der Waals surface area contributed by atoms with Crippen LogP contribution in [0.15, 0.2) is 65.1 Å². The second kappa shape index (κ2) is 13.6. The van der Waals surface area contributed by atoms with Crippen molar-refractivity contribution in [2.24, 2.45) is 0 Å². The minimum Gasteiger partial charge on any atom is -0.493 e. The fraction of sp³-hybridized carbons (Fsp3) is 0.241. The van der Waals surface area contributed by atoms with Crippen LogP contribution in [0.2, 0.25) is 0 Å². The minimum absolute atomic E-state index is 0.00266. The van der Waals surface area contributed by atoms with Crippen LogP contribution in [-0.4, -0.2) is 59.2 Å². The van der Waals surface area contributed by atoms with Gasteiger partial charge >= 0.3 is 5.69 Å². The number of hydrogen-bond donors (Lipinski definition) is 0. The van der Waals surface area contributed by atoms with E-state index in [0.717, 1.165) is 14.6 Å². The third kappa shape index (κ3) is 6.68. The van der Waals surface area contributed by atoms with Crippen LogP contribution in [0, 0.1) is 10.1 Å². The summed E-state index contributed by atoms with van der Waals surface area (Å²) in [6, 6.07) is 15.8. The number of ether oxygens (including phenoxy) is 4. The molecule has 2 heterocycles. The Morgan fingerprint density at radius 2 is 1.73 bits per heavy atom. The maximum absolute atomic E-state index is 13.9. The molecular weight excluding hydrogens is 608 g/mol. The number of thioether (sulfide) groups is 1. The number of benzene rings is 3. The molecule has 13 nitrogen and oxygen atoms in total. The van der Waals surface area contributed by atoms with Gasteiger partial charge in [0.05, 0.1) is 61.5 Å². The number of thiazole rings is 1. The molecule has 0 aliphatic heterocycles. The third-order valence-electron chi connectivity index (χ3n) is 6.54. The van der Waals surface area contributed by atoms with Gasteiger partial charge in [-0.15, -0.1) is 16.4 Å². The van der Waals surface area contributed by atoms with Crippen molar-refractivity contribution < 1.29 is 28.7 Å². The lowest BCUT2D eigenvalue weighted by Crippen LogP contribution is -2.33. The Labute approximate surface area is 260 Å². The molecule has 2 aromatic heterocycles. The molecule has 3 aromatic carbocycles. The monoisotopic (exact) mass is 636 g/mol. The van der Waals surface area contributed by atoms with E-state index in [0.29, 0.717) is 39.9 Å². The lowest BCUT2D eigenvalue weighted by atomic mass is 10.1. The normalized spacial score (nSPS) is 10.9. The molecule has 0 spiro atoms. The van der Waals surface area contributed by atoms with Gasteiger partial charge in [0.1, 0.15) is 6.54 Å². The molecule has 1 amide bonds. The van der Waals surface area contributed by atoms with Crippen LogP contribution in [0.1, 0.15) is 11.3 Å². The molecule has 0 N–H and O–H groups in total. The summed E-state index contributed by atoms with van der Waals surface area (Å²) in [5.41, 5.74) is 2.35. The molecule has 228 valence electrons. The van der Waals surface area contributed by atoms with E-state index in [2.05, 4.69) is 15.3 Å². The number of carbonyl (C=O) groups excluding carboxylic acids is 1. The first kappa shape index (κ1) is 30.6. The van der Waals surface area contributed by atoms with E-state index < -0.39 is 4.92 Å². The maximum Gasteiger partial charge on any atom is 0.311 e. The number of para-hydroxylation sites is 1. The highest BCUT2D eigenvalue weighted by molar-refractivity contribution is 8.00. The zero-order valence-corrected chi connectivity index (χ0v) is 25.9. The molecule has 5 aromatic rings. The van der Waals surface area contributed by atoms with Crippen LogP contribution in [0.25, 0.3) is 10.2 Å². The van der Waals surface area contributed by atoms with E-state index in [1.807, 2.05) is 24.3 Å². The average Bonchev–Trinajstić information content (AvgIpc) is 3.67. The van der Waals surface area contributed by atoms with Crippen LogP contribution in [-0.2, 0) is 23.6 Å². The fourth-order valence-corrected chi connectivity index (χ4v) is 6.41. The Kier molecular flexibility index (Phi) is 9.45. The molecule has 0 unspecified atom stereocenters.